The summed E-state index contributed by atoms with van der Waals surface area (Å²) < 4.78 is 35.6. The highest BCUT2D eigenvalue weighted by Gasteiger charge is 2.00. The fourth-order valence-electron chi connectivity index (χ4n) is 0.398. The van der Waals surface area contributed by atoms with Gasteiger partial charge >= 0.3 is 10.3 Å². The molecule has 60 valence electrons. The Morgan fingerprint density at radius 3 is 2.50 bits per heavy atom. The number of hydrogen-bond donors (Lipinski definition) is 1. The van der Waals surface area contributed by atoms with Crippen molar-refractivity contribution in [2.45, 2.75) is 13.8 Å². The molecule has 0 radical (unpaired) electrons. The molecule has 0 rings (SSSR count). The topological polar surface area (TPSA) is 76.0 Å². The lowest BCUT2D eigenvalue weighted by atomic mass is 10.7. The normalized spacial score (nSPS) is 13.3. The molecular formula is C4H9NO4S. The first-order chi connectivity index (χ1) is 4.45. The van der Waals surface area contributed by atoms with Crippen LogP contribution in [0.4, 0.5) is 0 Å². The first-order valence-corrected chi connectivity index (χ1v) is 4.02. The first-order valence-electron chi connectivity index (χ1n) is 2.62. The summed E-state index contributed by atoms with van der Waals surface area (Å²) in [5.41, 5.74) is 0. The SMILES string of the molecule is CCOC(C)=NS(=O)(=O)O. The molecule has 0 amide bonds. The second-order valence-electron chi connectivity index (χ2n) is 1.49. The number of ether oxygens (including phenoxy) is 1. The van der Waals surface area contributed by atoms with E-state index in [1.807, 2.05) is 0 Å². The summed E-state index contributed by atoms with van der Waals surface area (Å²) >= 11 is 0. The smallest absolute Gasteiger partial charge is 0.381 e. The molecule has 10 heavy (non-hydrogen) atoms. The molecule has 0 saturated heterocycles. The van der Waals surface area contributed by atoms with Crippen LogP contribution in [0.2, 0.25) is 0 Å². The van der Waals surface area contributed by atoms with Crippen molar-refractivity contribution in [2.24, 2.45) is 4.40 Å². The largest absolute Gasteiger partial charge is 0.481 e. The summed E-state index contributed by atoms with van der Waals surface area (Å²) in [5.74, 6) is -0.0648. The van der Waals surface area contributed by atoms with Gasteiger partial charge in [0.1, 0.15) is 0 Å². The van der Waals surface area contributed by atoms with E-state index in [0.29, 0.717) is 6.61 Å². The zero-order chi connectivity index (χ0) is 8.20. The highest BCUT2D eigenvalue weighted by molar-refractivity contribution is 7.84. The van der Waals surface area contributed by atoms with E-state index in [0.717, 1.165) is 0 Å². The molecule has 0 aliphatic carbocycles. The Kier molecular flexibility index (Phi) is 3.31. The standard InChI is InChI=1S/C4H9NO4S/c1-3-9-4(2)5-10(6,7)8/h3H2,1-2H3,(H,6,7,8). The lowest BCUT2D eigenvalue weighted by molar-refractivity contribution is 0.324. The molecule has 5 nitrogen and oxygen atoms in total. The quantitative estimate of drug-likeness (QED) is 0.363. The van der Waals surface area contributed by atoms with Gasteiger partial charge in [-0.1, -0.05) is 0 Å². The minimum absolute atomic E-state index is 0.0648. The van der Waals surface area contributed by atoms with Crippen LogP contribution in [-0.2, 0) is 15.0 Å². The van der Waals surface area contributed by atoms with Crippen LogP contribution in [0.25, 0.3) is 0 Å². The Labute approximate surface area is 59.6 Å². The monoisotopic (exact) mass is 167 g/mol. The molecule has 0 aromatic carbocycles. The zero-order valence-corrected chi connectivity index (χ0v) is 6.55. The molecule has 0 aromatic rings. The first kappa shape index (κ1) is 9.38. The fourth-order valence-corrected chi connectivity index (χ4v) is 0.775. The molecule has 0 heterocycles. The molecule has 0 spiro atoms. The third kappa shape index (κ3) is 5.52. The van der Waals surface area contributed by atoms with Gasteiger partial charge in [0.2, 0.25) is 0 Å². The fraction of sp³-hybridized carbons (Fsp3) is 0.750. The molecule has 0 fully saturated rings. The van der Waals surface area contributed by atoms with Gasteiger partial charge in [-0.2, -0.15) is 8.42 Å². The molecule has 1 N–H and O–H groups in total. The van der Waals surface area contributed by atoms with Crippen molar-refractivity contribution in [1.29, 1.82) is 0 Å². The van der Waals surface area contributed by atoms with Gasteiger partial charge in [0, 0.05) is 6.92 Å². The van der Waals surface area contributed by atoms with E-state index in [-0.39, 0.29) is 5.90 Å². The van der Waals surface area contributed by atoms with E-state index < -0.39 is 10.3 Å². The molecule has 0 unspecified atom stereocenters. The van der Waals surface area contributed by atoms with Crippen molar-refractivity contribution < 1.29 is 17.7 Å². The second kappa shape index (κ2) is 3.52. The number of hydrogen-bond acceptors (Lipinski definition) is 3. The van der Waals surface area contributed by atoms with Crippen LogP contribution in [-0.4, -0.2) is 25.5 Å². The average molecular weight is 167 g/mol. The molecule has 6 heteroatoms. The third-order valence-corrected chi connectivity index (χ3v) is 1.08. The van der Waals surface area contributed by atoms with Crippen LogP contribution in [0.5, 0.6) is 0 Å². The maximum atomic E-state index is 10.0. The summed E-state index contributed by atoms with van der Waals surface area (Å²) in [6.45, 7) is 3.35. The van der Waals surface area contributed by atoms with Crippen LogP contribution < -0.4 is 0 Å². The zero-order valence-electron chi connectivity index (χ0n) is 5.73. The van der Waals surface area contributed by atoms with Gasteiger partial charge in [0.05, 0.1) is 6.61 Å². The molecule has 0 aromatic heterocycles. The molecular weight excluding hydrogens is 158 g/mol. The van der Waals surface area contributed by atoms with Crippen LogP contribution in [0.1, 0.15) is 13.8 Å². The van der Waals surface area contributed by atoms with E-state index in [4.69, 9.17) is 4.55 Å². The van der Waals surface area contributed by atoms with Crippen molar-refractivity contribution in [2.75, 3.05) is 6.61 Å². The molecule has 0 bridgehead atoms. The Balaban J connectivity index is 4.18. The predicted molar refractivity (Wildman–Crippen MR) is 36.3 cm³/mol. The van der Waals surface area contributed by atoms with E-state index >= 15 is 0 Å². The Morgan fingerprint density at radius 1 is 1.70 bits per heavy atom. The van der Waals surface area contributed by atoms with Crippen molar-refractivity contribution >= 4 is 16.2 Å². The summed E-state index contributed by atoms with van der Waals surface area (Å²) in [5, 5.41) is 0. The van der Waals surface area contributed by atoms with Crippen LogP contribution in [0.15, 0.2) is 4.40 Å². The average Bonchev–Trinajstić information content (AvgIpc) is 1.59. The summed E-state index contributed by atoms with van der Waals surface area (Å²) in [6, 6.07) is 0. The highest BCUT2D eigenvalue weighted by Crippen LogP contribution is 1.88. The van der Waals surface area contributed by atoms with Gasteiger partial charge in [0.15, 0.2) is 5.90 Å². The lowest BCUT2D eigenvalue weighted by Gasteiger charge is -1.97. The van der Waals surface area contributed by atoms with Gasteiger partial charge in [0.25, 0.3) is 0 Å². The van der Waals surface area contributed by atoms with Crippen molar-refractivity contribution in [1.82, 2.24) is 0 Å². The van der Waals surface area contributed by atoms with E-state index in [1.54, 1.807) is 6.92 Å². The van der Waals surface area contributed by atoms with Gasteiger partial charge in [-0.15, -0.1) is 4.40 Å². The number of nitrogens with zero attached hydrogens (tertiary/aromatic N) is 1. The predicted octanol–water partition coefficient (Wildman–Crippen LogP) is 0.244. The van der Waals surface area contributed by atoms with E-state index in [2.05, 4.69) is 9.13 Å². The van der Waals surface area contributed by atoms with Gasteiger partial charge in [-0.25, -0.2) is 0 Å². The second-order valence-corrected chi connectivity index (χ2v) is 2.57. The van der Waals surface area contributed by atoms with Gasteiger partial charge in [-0.3, -0.25) is 4.55 Å². The lowest BCUT2D eigenvalue weighted by Crippen LogP contribution is -2.03. The summed E-state index contributed by atoms with van der Waals surface area (Å²) in [4.78, 5) is 0. The minimum Gasteiger partial charge on any atom is -0.481 e. The van der Waals surface area contributed by atoms with Crippen LogP contribution in [0.3, 0.4) is 0 Å². The third-order valence-electron chi connectivity index (χ3n) is 0.597. The molecule has 0 aliphatic rings. The highest BCUT2D eigenvalue weighted by atomic mass is 32.2. The van der Waals surface area contributed by atoms with Crippen LogP contribution >= 0.6 is 0 Å². The Morgan fingerprint density at radius 2 is 2.20 bits per heavy atom. The minimum atomic E-state index is -4.28. The van der Waals surface area contributed by atoms with E-state index in [9.17, 15) is 8.42 Å². The summed E-state index contributed by atoms with van der Waals surface area (Å²) in [6.07, 6.45) is 0. The van der Waals surface area contributed by atoms with Crippen molar-refractivity contribution in [3.63, 3.8) is 0 Å². The number of rotatable bonds is 2. The maximum Gasteiger partial charge on any atom is 0.381 e. The van der Waals surface area contributed by atoms with Gasteiger partial charge < -0.3 is 4.74 Å². The summed E-state index contributed by atoms with van der Waals surface area (Å²) in [7, 11) is -4.28. The molecule has 0 atom stereocenters. The van der Waals surface area contributed by atoms with Crippen LogP contribution in [0, 0.1) is 0 Å². The maximum absolute atomic E-state index is 10.0. The van der Waals surface area contributed by atoms with Gasteiger partial charge in [-0.05, 0) is 6.92 Å². The van der Waals surface area contributed by atoms with Crippen molar-refractivity contribution in [3.8, 4) is 0 Å². The van der Waals surface area contributed by atoms with E-state index in [1.165, 1.54) is 6.92 Å². The molecule has 0 aliphatic heterocycles. The Hall–Kier alpha value is -0.620. The molecule has 0 saturated carbocycles. The van der Waals surface area contributed by atoms with Crippen molar-refractivity contribution in [3.05, 3.63) is 0 Å². The Bertz CT molecular complexity index is 217.